The molecule has 27 heavy (non-hydrogen) atoms. The first-order valence-electron chi connectivity index (χ1n) is 9.68. The molecule has 1 N–H and O–H groups in total. The van der Waals surface area contributed by atoms with E-state index in [1.807, 2.05) is 0 Å². The van der Waals surface area contributed by atoms with Crippen LogP contribution in [0.5, 0.6) is 11.5 Å². The lowest BCUT2D eigenvalue weighted by Crippen LogP contribution is -2.42. The van der Waals surface area contributed by atoms with Crippen LogP contribution in [0.2, 0.25) is 0 Å². The summed E-state index contributed by atoms with van der Waals surface area (Å²) in [4.78, 5) is 24.3. The lowest BCUT2D eigenvalue weighted by atomic mass is 9.86. The van der Waals surface area contributed by atoms with E-state index in [0.29, 0.717) is 35.5 Å². The van der Waals surface area contributed by atoms with Gasteiger partial charge in [-0.3, -0.25) is 4.79 Å². The number of carbonyl (C=O) groups is 2. The highest BCUT2D eigenvalue weighted by atomic mass is 16.5. The summed E-state index contributed by atoms with van der Waals surface area (Å²) < 4.78 is 16.1. The molecule has 0 aliphatic heterocycles. The molecule has 0 unspecified atom stereocenters. The maximum atomic E-state index is 12.3. The Morgan fingerprint density at radius 1 is 1.19 bits per heavy atom. The molecule has 1 fully saturated rings. The molecule has 0 saturated heterocycles. The normalized spacial score (nSPS) is 19.4. The second-order valence-corrected chi connectivity index (χ2v) is 7.58. The van der Waals surface area contributed by atoms with Crippen LogP contribution in [0.3, 0.4) is 0 Å². The lowest BCUT2D eigenvalue weighted by Gasteiger charge is -2.29. The molecular weight excluding hydrogens is 346 g/mol. The lowest BCUT2D eigenvalue weighted by molar-refractivity contribution is -0.125. The summed E-state index contributed by atoms with van der Waals surface area (Å²) in [5.41, 5.74) is 0.322. The first kappa shape index (κ1) is 21.1. The zero-order valence-corrected chi connectivity index (χ0v) is 16.7. The average Bonchev–Trinajstić information content (AvgIpc) is 2.66. The molecule has 0 spiro atoms. The van der Waals surface area contributed by atoms with Gasteiger partial charge in [0, 0.05) is 6.04 Å². The maximum absolute atomic E-state index is 12.3. The van der Waals surface area contributed by atoms with Crippen LogP contribution in [0.15, 0.2) is 18.2 Å². The second kappa shape index (κ2) is 10.2. The molecule has 1 aliphatic carbocycles. The van der Waals surface area contributed by atoms with E-state index in [9.17, 15) is 9.59 Å². The van der Waals surface area contributed by atoms with Crippen molar-refractivity contribution < 1.29 is 23.8 Å². The van der Waals surface area contributed by atoms with Crippen molar-refractivity contribution >= 4 is 11.9 Å². The number of benzene rings is 1. The number of ether oxygens (including phenoxy) is 3. The van der Waals surface area contributed by atoms with Gasteiger partial charge in [0.1, 0.15) is 0 Å². The predicted octanol–water partition coefficient (Wildman–Crippen LogP) is 3.58. The molecule has 1 aliphatic rings. The molecular formula is C21H31NO5. The third-order valence-electron chi connectivity index (χ3n) is 4.76. The van der Waals surface area contributed by atoms with E-state index in [1.165, 1.54) is 13.5 Å². The Morgan fingerprint density at radius 3 is 2.59 bits per heavy atom. The Kier molecular flexibility index (Phi) is 7.95. The van der Waals surface area contributed by atoms with Crippen LogP contribution >= 0.6 is 0 Å². The van der Waals surface area contributed by atoms with Gasteiger partial charge in [0.05, 0.1) is 19.3 Å². The molecule has 150 valence electrons. The van der Waals surface area contributed by atoms with Crippen LogP contribution in [-0.4, -0.2) is 38.2 Å². The Bertz CT molecular complexity index is 643. The van der Waals surface area contributed by atoms with E-state index in [1.54, 1.807) is 18.2 Å². The van der Waals surface area contributed by atoms with Crippen LogP contribution in [-0.2, 0) is 9.53 Å². The highest BCUT2D eigenvalue weighted by molar-refractivity contribution is 5.92. The molecule has 1 saturated carbocycles. The fourth-order valence-electron chi connectivity index (χ4n) is 3.16. The summed E-state index contributed by atoms with van der Waals surface area (Å²) in [6.07, 6.45) is 4.44. The number of hydrogen-bond acceptors (Lipinski definition) is 5. The average molecular weight is 377 g/mol. The summed E-state index contributed by atoms with van der Waals surface area (Å²) in [5, 5.41) is 2.97. The van der Waals surface area contributed by atoms with Gasteiger partial charge in [-0.2, -0.15) is 0 Å². The standard InChI is InChI=1S/C21H31NO5/c1-14(2)12-26-18-10-9-16(11-19(18)25-4)21(24)27-13-20(23)22-17-8-6-5-7-15(17)3/h9-11,14-15,17H,5-8,12-13H2,1-4H3,(H,22,23)/t15-,17+/m1/s1. The third kappa shape index (κ3) is 6.45. The van der Waals surface area contributed by atoms with Crippen LogP contribution in [0.4, 0.5) is 0 Å². The van der Waals surface area contributed by atoms with Crippen LogP contribution in [0.25, 0.3) is 0 Å². The monoisotopic (exact) mass is 377 g/mol. The summed E-state index contributed by atoms with van der Waals surface area (Å²) in [6, 6.07) is 5.03. The molecule has 0 bridgehead atoms. The van der Waals surface area contributed by atoms with Crippen molar-refractivity contribution in [2.24, 2.45) is 11.8 Å². The Morgan fingerprint density at radius 2 is 1.93 bits per heavy atom. The molecule has 6 nitrogen and oxygen atoms in total. The molecule has 0 radical (unpaired) electrons. The van der Waals surface area contributed by atoms with Crippen LogP contribution in [0.1, 0.15) is 56.8 Å². The zero-order valence-electron chi connectivity index (χ0n) is 16.7. The van der Waals surface area contributed by atoms with E-state index < -0.39 is 5.97 Å². The zero-order chi connectivity index (χ0) is 19.8. The van der Waals surface area contributed by atoms with Crippen LogP contribution in [0, 0.1) is 11.8 Å². The van der Waals surface area contributed by atoms with Crippen molar-refractivity contribution in [2.75, 3.05) is 20.3 Å². The summed E-state index contributed by atoms with van der Waals surface area (Å²) in [7, 11) is 1.52. The van der Waals surface area contributed by atoms with Gasteiger partial charge in [-0.25, -0.2) is 4.79 Å². The smallest absolute Gasteiger partial charge is 0.338 e. The third-order valence-corrected chi connectivity index (χ3v) is 4.76. The summed E-state index contributed by atoms with van der Waals surface area (Å²) >= 11 is 0. The Labute approximate surface area is 161 Å². The van der Waals surface area contributed by atoms with Gasteiger partial charge < -0.3 is 19.5 Å². The van der Waals surface area contributed by atoms with E-state index in [4.69, 9.17) is 14.2 Å². The van der Waals surface area contributed by atoms with Crippen LogP contribution < -0.4 is 14.8 Å². The first-order chi connectivity index (χ1) is 12.9. The number of rotatable bonds is 8. The van der Waals surface area contributed by atoms with Gasteiger partial charge in [0.15, 0.2) is 18.1 Å². The SMILES string of the molecule is COc1cc(C(=O)OCC(=O)N[C@H]2CCCC[C@H]2C)ccc1OCC(C)C. The van der Waals surface area contributed by atoms with Crippen molar-refractivity contribution in [2.45, 2.75) is 52.5 Å². The van der Waals surface area contributed by atoms with Gasteiger partial charge >= 0.3 is 5.97 Å². The molecule has 2 rings (SSSR count). The van der Waals surface area contributed by atoms with Crippen molar-refractivity contribution in [1.29, 1.82) is 0 Å². The van der Waals surface area contributed by atoms with Crippen molar-refractivity contribution in [3.63, 3.8) is 0 Å². The fourth-order valence-corrected chi connectivity index (χ4v) is 3.16. The predicted molar refractivity (Wildman–Crippen MR) is 103 cm³/mol. The van der Waals surface area contributed by atoms with E-state index >= 15 is 0 Å². The van der Waals surface area contributed by atoms with Gasteiger partial charge in [-0.05, 0) is 42.9 Å². The molecule has 2 atom stereocenters. The molecule has 0 heterocycles. The van der Waals surface area contributed by atoms with Crippen molar-refractivity contribution in [3.8, 4) is 11.5 Å². The molecule has 0 aromatic heterocycles. The molecule has 1 amide bonds. The highest BCUT2D eigenvalue weighted by Gasteiger charge is 2.23. The number of nitrogens with one attached hydrogen (secondary N) is 1. The van der Waals surface area contributed by atoms with E-state index in [0.717, 1.165) is 19.3 Å². The fraction of sp³-hybridized carbons (Fsp3) is 0.619. The quantitative estimate of drug-likeness (QED) is 0.701. The molecule has 1 aromatic carbocycles. The summed E-state index contributed by atoms with van der Waals surface area (Å²) in [6.45, 7) is 6.52. The summed E-state index contributed by atoms with van der Waals surface area (Å²) in [5.74, 6) is 1.06. The minimum absolute atomic E-state index is 0.169. The largest absolute Gasteiger partial charge is 0.493 e. The Balaban J connectivity index is 1.88. The van der Waals surface area contributed by atoms with Gasteiger partial charge in [-0.15, -0.1) is 0 Å². The van der Waals surface area contributed by atoms with Gasteiger partial charge in [0.2, 0.25) is 0 Å². The Hall–Kier alpha value is -2.24. The van der Waals surface area contributed by atoms with E-state index in [-0.39, 0.29) is 18.6 Å². The number of hydrogen-bond donors (Lipinski definition) is 1. The number of carbonyl (C=O) groups excluding carboxylic acids is 2. The first-order valence-corrected chi connectivity index (χ1v) is 9.68. The van der Waals surface area contributed by atoms with Gasteiger partial charge in [-0.1, -0.05) is 33.6 Å². The number of amides is 1. The van der Waals surface area contributed by atoms with Gasteiger partial charge in [0.25, 0.3) is 5.91 Å². The maximum Gasteiger partial charge on any atom is 0.338 e. The second-order valence-electron chi connectivity index (χ2n) is 7.58. The van der Waals surface area contributed by atoms with Crippen molar-refractivity contribution in [3.05, 3.63) is 23.8 Å². The number of esters is 1. The number of methoxy groups -OCH3 is 1. The van der Waals surface area contributed by atoms with Crippen molar-refractivity contribution in [1.82, 2.24) is 5.32 Å². The topological polar surface area (TPSA) is 73.9 Å². The molecule has 6 heteroatoms. The van der Waals surface area contributed by atoms with E-state index in [2.05, 4.69) is 26.1 Å². The minimum Gasteiger partial charge on any atom is -0.493 e. The highest BCUT2D eigenvalue weighted by Crippen LogP contribution is 2.29. The minimum atomic E-state index is -0.560. The molecule has 1 aromatic rings.